The van der Waals surface area contributed by atoms with E-state index in [9.17, 15) is 10.1 Å². The van der Waals surface area contributed by atoms with E-state index >= 15 is 0 Å². The van der Waals surface area contributed by atoms with Crippen molar-refractivity contribution in [1.82, 2.24) is 4.90 Å². The number of rotatable bonds is 3. The van der Waals surface area contributed by atoms with E-state index in [1.54, 1.807) is 12.1 Å². The average molecular weight is 324 g/mol. The van der Waals surface area contributed by atoms with Crippen LogP contribution >= 0.6 is 0 Å². The molecule has 1 unspecified atom stereocenters. The second-order valence-corrected chi connectivity index (χ2v) is 6.56. The van der Waals surface area contributed by atoms with Gasteiger partial charge in [0.2, 0.25) is 0 Å². The fourth-order valence-electron chi connectivity index (χ4n) is 3.54. The van der Waals surface area contributed by atoms with Gasteiger partial charge in [0.1, 0.15) is 6.04 Å². The van der Waals surface area contributed by atoms with Crippen LogP contribution in [0.15, 0.2) is 35.9 Å². The summed E-state index contributed by atoms with van der Waals surface area (Å²) in [6.45, 7) is 1.93. The molecular formula is C20H24N2O2. The van der Waals surface area contributed by atoms with Crippen LogP contribution in [0, 0.1) is 22.0 Å². The molecule has 4 nitrogen and oxygen atoms in total. The van der Waals surface area contributed by atoms with Gasteiger partial charge < -0.3 is 0 Å². The van der Waals surface area contributed by atoms with Crippen LogP contribution in [0.2, 0.25) is 0 Å². The van der Waals surface area contributed by atoms with E-state index in [0.717, 1.165) is 44.3 Å². The highest BCUT2D eigenvalue weighted by molar-refractivity contribution is 5.46. The summed E-state index contributed by atoms with van der Waals surface area (Å²) in [6, 6.07) is 6.87. The quantitative estimate of drug-likeness (QED) is 0.463. The van der Waals surface area contributed by atoms with Gasteiger partial charge in [-0.05, 0) is 63.3 Å². The van der Waals surface area contributed by atoms with Crippen molar-refractivity contribution in [3.63, 3.8) is 0 Å². The lowest BCUT2D eigenvalue weighted by atomic mass is 9.97. The van der Waals surface area contributed by atoms with Crippen LogP contribution in [0.5, 0.6) is 0 Å². The maximum atomic E-state index is 11.4. The molecule has 1 fully saturated rings. The number of nitro groups is 1. The molecule has 1 aromatic carbocycles. The summed E-state index contributed by atoms with van der Waals surface area (Å²) in [7, 11) is 0. The van der Waals surface area contributed by atoms with Gasteiger partial charge in [0.15, 0.2) is 0 Å². The molecule has 0 bridgehead atoms. The molecule has 0 N–H and O–H groups in total. The Bertz CT molecular complexity index is 678. The zero-order chi connectivity index (χ0) is 16.8. The summed E-state index contributed by atoms with van der Waals surface area (Å²) in [6.07, 6.45) is 10.3. The molecule has 1 atom stereocenters. The molecule has 1 aliphatic carbocycles. The van der Waals surface area contributed by atoms with Crippen molar-refractivity contribution < 1.29 is 4.92 Å². The van der Waals surface area contributed by atoms with Gasteiger partial charge in [-0.2, -0.15) is 0 Å². The Balaban J connectivity index is 1.94. The van der Waals surface area contributed by atoms with E-state index in [0.29, 0.717) is 0 Å². The number of nitrogens with zero attached hydrogens (tertiary/aromatic N) is 2. The monoisotopic (exact) mass is 324 g/mol. The zero-order valence-corrected chi connectivity index (χ0v) is 14.0. The lowest BCUT2D eigenvalue weighted by Gasteiger charge is -2.31. The fraction of sp³-hybridized carbons (Fsp3) is 0.500. The van der Waals surface area contributed by atoms with Gasteiger partial charge in [0.25, 0.3) is 5.69 Å². The first-order valence-electron chi connectivity index (χ1n) is 8.93. The first-order valence-corrected chi connectivity index (χ1v) is 8.93. The van der Waals surface area contributed by atoms with E-state index in [-0.39, 0.29) is 16.7 Å². The molecule has 24 heavy (non-hydrogen) atoms. The van der Waals surface area contributed by atoms with E-state index in [4.69, 9.17) is 0 Å². The second kappa shape index (κ2) is 8.12. The van der Waals surface area contributed by atoms with Gasteiger partial charge in [-0.15, -0.1) is 0 Å². The van der Waals surface area contributed by atoms with Crippen molar-refractivity contribution in [3.8, 4) is 11.8 Å². The lowest BCUT2D eigenvalue weighted by molar-refractivity contribution is -0.385. The van der Waals surface area contributed by atoms with Gasteiger partial charge in [-0.1, -0.05) is 36.5 Å². The summed E-state index contributed by atoms with van der Waals surface area (Å²) in [5, 5.41) is 11.4. The Morgan fingerprint density at radius 3 is 2.58 bits per heavy atom. The molecule has 1 saturated heterocycles. The number of benzene rings is 1. The number of hydrogen-bond donors (Lipinski definition) is 0. The molecule has 126 valence electrons. The van der Waals surface area contributed by atoms with E-state index < -0.39 is 0 Å². The minimum atomic E-state index is -0.284. The summed E-state index contributed by atoms with van der Waals surface area (Å²) in [5.74, 6) is 6.70. The van der Waals surface area contributed by atoms with Crippen molar-refractivity contribution in [2.24, 2.45) is 0 Å². The molecule has 1 heterocycles. The first-order chi connectivity index (χ1) is 11.8. The predicted molar refractivity (Wildman–Crippen MR) is 95.6 cm³/mol. The molecule has 3 rings (SSSR count). The third kappa shape index (κ3) is 4.04. The Morgan fingerprint density at radius 2 is 1.88 bits per heavy atom. The fourth-order valence-corrected chi connectivity index (χ4v) is 3.54. The van der Waals surface area contributed by atoms with E-state index in [2.05, 4.69) is 22.8 Å². The van der Waals surface area contributed by atoms with Crippen molar-refractivity contribution >= 4 is 5.69 Å². The standard InChI is InChI=1S/C20H24N2O2/c23-22(24)20-12-6-5-11-18(20)19(21-15-7-2-8-16-21)14-13-17-9-3-1-4-10-17/h5-6,9,11-12,19H,1-4,7-8,10,15-16H2. The van der Waals surface area contributed by atoms with E-state index in [1.165, 1.54) is 24.8 Å². The minimum Gasteiger partial charge on any atom is -0.286 e. The highest BCUT2D eigenvalue weighted by Crippen LogP contribution is 2.31. The number of hydrogen-bond acceptors (Lipinski definition) is 3. The van der Waals surface area contributed by atoms with Crippen LogP contribution in [0.1, 0.15) is 56.6 Å². The third-order valence-corrected chi connectivity index (χ3v) is 4.84. The largest absolute Gasteiger partial charge is 0.286 e. The second-order valence-electron chi connectivity index (χ2n) is 6.56. The van der Waals surface area contributed by atoms with Crippen molar-refractivity contribution in [2.45, 2.75) is 51.0 Å². The van der Waals surface area contributed by atoms with E-state index in [1.807, 2.05) is 12.1 Å². The van der Waals surface area contributed by atoms with Crippen LogP contribution < -0.4 is 0 Å². The Labute approximate surface area is 143 Å². The van der Waals surface area contributed by atoms with Crippen LogP contribution in [0.25, 0.3) is 0 Å². The molecule has 0 spiro atoms. The molecule has 0 radical (unpaired) electrons. The molecular weight excluding hydrogens is 300 g/mol. The molecule has 0 saturated carbocycles. The van der Waals surface area contributed by atoms with Crippen molar-refractivity contribution in [1.29, 1.82) is 0 Å². The highest BCUT2D eigenvalue weighted by Gasteiger charge is 2.26. The van der Waals surface area contributed by atoms with Gasteiger partial charge in [-0.3, -0.25) is 15.0 Å². The third-order valence-electron chi connectivity index (χ3n) is 4.84. The molecule has 1 aromatic rings. The summed E-state index contributed by atoms with van der Waals surface area (Å²) in [4.78, 5) is 13.5. The maximum Gasteiger partial charge on any atom is 0.275 e. The zero-order valence-electron chi connectivity index (χ0n) is 14.0. The normalized spacial score (nSPS) is 19.8. The van der Waals surface area contributed by atoms with Crippen LogP contribution in [-0.4, -0.2) is 22.9 Å². The predicted octanol–water partition coefficient (Wildman–Crippen LogP) is 4.63. The van der Waals surface area contributed by atoms with Gasteiger partial charge in [-0.25, -0.2) is 0 Å². The lowest BCUT2D eigenvalue weighted by Crippen LogP contribution is -2.33. The Hall–Kier alpha value is -2.12. The Kier molecular flexibility index (Phi) is 5.66. The number of nitro benzene ring substituents is 1. The summed E-state index contributed by atoms with van der Waals surface area (Å²) >= 11 is 0. The highest BCUT2D eigenvalue weighted by atomic mass is 16.6. The van der Waals surface area contributed by atoms with Crippen LogP contribution in [0.4, 0.5) is 5.69 Å². The smallest absolute Gasteiger partial charge is 0.275 e. The molecule has 0 aromatic heterocycles. The SMILES string of the molecule is O=[N+]([O-])c1ccccc1C(C#CC1=CCCCC1)N1CCCCC1. The number of piperidine rings is 1. The van der Waals surface area contributed by atoms with Crippen molar-refractivity contribution in [2.75, 3.05) is 13.1 Å². The molecule has 1 aliphatic heterocycles. The molecule has 2 aliphatic rings. The van der Waals surface area contributed by atoms with Gasteiger partial charge >= 0.3 is 0 Å². The molecule has 0 amide bonds. The maximum absolute atomic E-state index is 11.4. The van der Waals surface area contributed by atoms with Crippen LogP contribution in [-0.2, 0) is 0 Å². The number of para-hydroxylation sites is 1. The first kappa shape index (κ1) is 16.7. The summed E-state index contributed by atoms with van der Waals surface area (Å²) in [5.41, 5.74) is 2.11. The summed E-state index contributed by atoms with van der Waals surface area (Å²) < 4.78 is 0. The Morgan fingerprint density at radius 1 is 1.08 bits per heavy atom. The van der Waals surface area contributed by atoms with Crippen LogP contribution in [0.3, 0.4) is 0 Å². The number of allylic oxidation sites excluding steroid dienone is 2. The van der Waals surface area contributed by atoms with Gasteiger partial charge in [0.05, 0.1) is 10.5 Å². The van der Waals surface area contributed by atoms with Crippen molar-refractivity contribution in [3.05, 3.63) is 51.6 Å². The topological polar surface area (TPSA) is 46.4 Å². The van der Waals surface area contributed by atoms with Gasteiger partial charge in [0, 0.05) is 6.07 Å². The average Bonchev–Trinajstić information content (AvgIpc) is 2.64. The number of likely N-dealkylation sites (tertiary alicyclic amines) is 1. The molecule has 4 heteroatoms. The minimum absolute atomic E-state index is 0.181.